The molecule has 1 aliphatic heterocycles. The number of fused-ring (bicyclic) bond motifs is 1. The molecule has 0 radical (unpaired) electrons. The van der Waals surface area contributed by atoms with Crippen molar-refractivity contribution in [3.63, 3.8) is 0 Å². The Kier molecular flexibility index (Phi) is 2.97. The number of anilines is 2. The van der Waals surface area contributed by atoms with Crippen molar-refractivity contribution < 1.29 is 4.79 Å². The molecule has 2 aromatic carbocycles. The molecule has 0 bridgehead atoms. The molecule has 3 nitrogen and oxygen atoms in total. The normalized spacial score (nSPS) is 17.1. The number of nitrogens with zero attached hydrogens (tertiary/aromatic N) is 1. The van der Waals surface area contributed by atoms with E-state index in [9.17, 15) is 4.79 Å². The van der Waals surface area contributed by atoms with E-state index in [1.54, 1.807) is 6.07 Å². The summed E-state index contributed by atoms with van der Waals surface area (Å²) in [5.74, 6) is 0.0345. The van der Waals surface area contributed by atoms with Gasteiger partial charge in [0.1, 0.15) is 0 Å². The number of carbonyl (C=O) groups excluding carboxylic acids is 1. The summed E-state index contributed by atoms with van der Waals surface area (Å²) in [5, 5.41) is 0. The third-order valence-corrected chi connectivity index (χ3v) is 3.92. The number of amides is 1. The highest BCUT2D eigenvalue weighted by molar-refractivity contribution is 6.09. The molecular formula is C17H18N2O. The first-order valence-corrected chi connectivity index (χ1v) is 6.85. The summed E-state index contributed by atoms with van der Waals surface area (Å²) < 4.78 is 0. The minimum atomic E-state index is 0.0345. The number of para-hydroxylation sites is 1. The second kappa shape index (κ2) is 4.67. The highest BCUT2D eigenvalue weighted by Crippen LogP contribution is 2.33. The van der Waals surface area contributed by atoms with E-state index in [0.717, 1.165) is 17.7 Å². The largest absolute Gasteiger partial charge is 0.399 e. The molecule has 0 aliphatic carbocycles. The molecule has 0 saturated carbocycles. The number of hydrogen-bond donors (Lipinski definition) is 1. The van der Waals surface area contributed by atoms with Crippen LogP contribution in [0.3, 0.4) is 0 Å². The van der Waals surface area contributed by atoms with Gasteiger partial charge in [0.2, 0.25) is 0 Å². The van der Waals surface area contributed by atoms with Gasteiger partial charge < -0.3 is 10.6 Å². The van der Waals surface area contributed by atoms with Crippen LogP contribution in [0.1, 0.15) is 28.4 Å². The van der Waals surface area contributed by atoms with Gasteiger partial charge in [0.25, 0.3) is 5.91 Å². The van der Waals surface area contributed by atoms with Gasteiger partial charge in [-0.3, -0.25) is 4.79 Å². The summed E-state index contributed by atoms with van der Waals surface area (Å²) in [5.41, 5.74) is 10.3. The molecule has 0 spiro atoms. The van der Waals surface area contributed by atoms with Crippen molar-refractivity contribution in [2.75, 3.05) is 10.6 Å². The van der Waals surface area contributed by atoms with Gasteiger partial charge in [-0.1, -0.05) is 24.3 Å². The highest BCUT2D eigenvalue weighted by Gasteiger charge is 2.31. The maximum Gasteiger partial charge on any atom is 0.258 e. The standard InChI is InChI=1S/C17H18N2O/c1-11-7-8-14(18)10-15(11)17(20)19-12(2)9-13-5-3-4-6-16(13)19/h3-8,10,12H,9,18H2,1-2H3. The first-order chi connectivity index (χ1) is 9.58. The SMILES string of the molecule is Cc1ccc(N)cc1C(=O)N1c2ccccc2CC1C. The van der Waals surface area contributed by atoms with Crippen LogP contribution in [0, 0.1) is 6.92 Å². The molecule has 20 heavy (non-hydrogen) atoms. The van der Waals surface area contributed by atoms with Crippen molar-refractivity contribution in [2.45, 2.75) is 26.3 Å². The topological polar surface area (TPSA) is 46.3 Å². The zero-order chi connectivity index (χ0) is 14.3. The van der Waals surface area contributed by atoms with E-state index < -0.39 is 0 Å². The summed E-state index contributed by atoms with van der Waals surface area (Å²) in [6.07, 6.45) is 0.906. The summed E-state index contributed by atoms with van der Waals surface area (Å²) in [4.78, 5) is 14.7. The minimum absolute atomic E-state index is 0.0345. The van der Waals surface area contributed by atoms with Gasteiger partial charge in [-0.15, -0.1) is 0 Å². The van der Waals surface area contributed by atoms with Gasteiger partial charge in [0.05, 0.1) is 0 Å². The molecule has 102 valence electrons. The lowest BCUT2D eigenvalue weighted by molar-refractivity contribution is 0.0981. The number of aryl methyl sites for hydroxylation is 1. The zero-order valence-electron chi connectivity index (χ0n) is 11.8. The van der Waals surface area contributed by atoms with Crippen molar-refractivity contribution in [3.05, 3.63) is 59.2 Å². The van der Waals surface area contributed by atoms with Crippen LogP contribution in [0.15, 0.2) is 42.5 Å². The van der Waals surface area contributed by atoms with Crippen LogP contribution < -0.4 is 10.6 Å². The number of nitrogen functional groups attached to an aromatic ring is 1. The summed E-state index contributed by atoms with van der Waals surface area (Å²) in [7, 11) is 0. The number of carbonyl (C=O) groups is 1. The molecule has 1 aliphatic rings. The van der Waals surface area contributed by atoms with Crippen LogP contribution >= 0.6 is 0 Å². The molecule has 1 atom stereocenters. The summed E-state index contributed by atoms with van der Waals surface area (Å²) in [6.45, 7) is 4.03. The zero-order valence-corrected chi connectivity index (χ0v) is 11.8. The summed E-state index contributed by atoms with van der Waals surface area (Å²) >= 11 is 0. The lowest BCUT2D eigenvalue weighted by Gasteiger charge is -2.23. The predicted octanol–water partition coefficient (Wildman–Crippen LogP) is 3.17. The monoisotopic (exact) mass is 266 g/mol. The van der Waals surface area contributed by atoms with Gasteiger partial charge in [-0.25, -0.2) is 0 Å². The molecule has 2 N–H and O–H groups in total. The molecule has 0 saturated heterocycles. The minimum Gasteiger partial charge on any atom is -0.399 e. The van der Waals surface area contributed by atoms with Gasteiger partial charge in [0, 0.05) is 23.0 Å². The van der Waals surface area contributed by atoms with E-state index in [2.05, 4.69) is 13.0 Å². The van der Waals surface area contributed by atoms with Gasteiger partial charge >= 0.3 is 0 Å². The van der Waals surface area contributed by atoms with Gasteiger partial charge in [-0.2, -0.15) is 0 Å². The van der Waals surface area contributed by atoms with E-state index in [1.807, 2.05) is 42.2 Å². The molecule has 2 aromatic rings. The molecule has 3 heteroatoms. The fourth-order valence-corrected chi connectivity index (χ4v) is 2.87. The fourth-order valence-electron chi connectivity index (χ4n) is 2.87. The van der Waals surface area contributed by atoms with Crippen LogP contribution in [0.5, 0.6) is 0 Å². The van der Waals surface area contributed by atoms with Crippen LogP contribution in [-0.4, -0.2) is 11.9 Å². The molecule has 0 fully saturated rings. The molecular weight excluding hydrogens is 248 g/mol. The Balaban J connectivity index is 2.05. The Morgan fingerprint density at radius 1 is 1.25 bits per heavy atom. The van der Waals surface area contributed by atoms with Crippen molar-refractivity contribution in [1.29, 1.82) is 0 Å². The number of hydrogen-bond acceptors (Lipinski definition) is 2. The van der Waals surface area contributed by atoms with Crippen molar-refractivity contribution in [2.24, 2.45) is 0 Å². The molecule has 1 unspecified atom stereocenters. The quantitative estimate of drug-likeness (QED) is 0.806. The average molecular weight is 266 g/mol. The maximum atomic E-state index is 12.9. The van der Waals surface area contributed by atoms with Crippen LogP contribution in [-0.2, 0) is 6.42 Å². The van der Waals surface area contributed by atoms with E-state index in [4.69, 9.17) is 5.73 Å². The van der Waals surface area contributed by atoms with Crippen molar-refractivity contribution in [3.8, 4) is 0 Å². The van der Waals surface area contributed by atoms with Gasteiger partial charge in [0.15, 0.2) is 0 Å². The maximum absolute atomic E-state index is 12.9. The lowest BCUT2D eigenvalue weighted by Crippen LogP contribution is -2.36. The third kappa shape index (κ3) is 1.95. The highest BCUT2D eigenvalue weighted by atomic mass is 16.2. The second-order valence-electron chi connectivity index (χ2n) is 5.43. The van der Waals surface area contributed by atoms with E-state index in [0.29, 0.717) is 11.3 Å². The van der Waals surface area contributed by atoms with Crippen LogP contribution in [0.25, 0.3) is 0 Å². The number of rotatable bonds is 1. The average Bonchev–Trinajstić information content (AvgIpc) is 2.76. The first-order valence-electron chi connectivity index (χ1n) is 6.85. The van der Waals surface area contributed by atoms with Crippen molar-refractivity contribution >= 4 is 17.3 Å². The Labute approximate surface area is 119 Å². The predicted molar refractivity (Wildman–Crippen MR) is 82.0 cm³/mol. The number of benzene rings is 2. The Hall–Kier alpha value is -2.29. The van der Waals surface area contributed by atoms with E-state index in [1.165, 1.54) is 5.56 Å². The molecule has 1 amide bonds. The Morgan fingerprint density at radius 3 is 2.80 bits per heavy atom. The summed E-state index contributed by atoms with van der Waals surface area (Å²) in [6, 6.07) is 13.8. The Morgan fingerprint density at radius 2 is 2.00 bits per heavy atom. The van der Waals surface area contributed by atoms with Crippen molar-refractivity contribution in [1.82, 2.24) is 0 Å². The van der Waals surface area contributed by atoms with Crippen LogP contribution in [0.4, 0.5) is 11.4 Å². The lowest BCUT2D eigenvalue weighted by atomic mass is 10.1. The van der Waals surface area contributed by atoms with Crippen LogP contribution in [0.2, 0.25) is 0 Å². The van der Waals surface area contributed by atoms with Gasteiger partial charge in [-0.05, 0) is 49.6 Å². The molecule has 1 heterocycles. The smallest absolute Gasteiger partial charge is 0.258 e. The third-order valence-electron chi connectivity index (χ3n) is 3.92. The Bertz CT molecular complexity index is 678. The number of nitrogens with two attached hydrogens (primary N) is 1. The first kappa shape index (κ1) is 12.7. The second-order valence-corrected chi connectivity index (χ2v) is 5.43. The van der Waals surface area contributed by atoms with E-state index >= 15 is 0 Å². The van der Waals surface area contributed by atoms with E-state index in [-0.39, 0.29) is 11.9 Å². The molecule has 0 aromatic heterocycles. The fraction of sp³-hybridized carbons (Fsp3) is 0.235. The molecule has 3 rings (SSSR count).